The molecule has 106 valence electrons. The lowest BCUT2D eigenvalue weighted by molar-refractivity contribution is 0.588. The van der Waals surface area contributed by atoms with Gasteiger partial charge in [-0.15, -0.1) is 0 Å². The van der Waals surface area contributed by atoms with E-state index in [1.54, 1.807) is 31.2 Å². The third kappa shape index (κ3) is 2.60. The largest absolute Gasteiger partial charge is 0.399 e. The quantitative estimate of drug-likeness (QED) is 0.885. The van der Waals surface area contributed by atoms with Crippen molar-refractivity contribution in [3.63, 3.8) is 0 Å². The molecule has 0 heterocycles. The van der Waals surface area contributed by atoms with Crippen LogP contribution in [-0.4, -0.2) is 15.5 Å². The monoisotopic (exact) mass is 294 g/mol. The van der Waals surface area contributed by atoms with Gasteiger partial charge in [-0.1, -0.05) is 6.07 Å². The highest BCUT2D eigenvalue weighted by molar-refractivity contribution is 7.92. The molecule has 20 heavy (non-hydrogen) atoms. The van der Waals surface area contributed by atoms with E-state index in [0.29, 0.717) is 16.9 Å². The Balaban J connectivity index is 2.49. The molecule has 0 aliphatic rings. The highest BCUT2D eigenvalue weighted by Crippen LogP contribution is 2.25. The molecule has 0 aliphatic heterocycles. The number of nitrogens with zero attached hydrogens (tertiary/aromatic N) is 1. The predicted molar refractivity (Wildman–Crippen MR) is 77.6 cm³/mol. The van der Waals surface area contributed by atoms with Gasteiger partial charge >= 0.3 is 0 Å². The fourth-order valence-corrected chi connectivity index (χ4v) is 3.25. The molecule has 0 aliphatic carbocycles. The summed E-state index contributed by atoms with van der Waals surface area (Å²) < 4.78 is 39.4. The number of anilines is 2. The zero-order chi connectivity index (χ0) is 14.9. The predicted octanol–water partition coefficient (Wildman–Crippen LogP) is 2.54. The molecule has 0 saturated carbocycles. The molecular weight excluding hydrogens is 279 g/mol. The first kappa shape index (κ1) is 14.3. The number of rotatable bonds is 3. The minimum absolute atomic E-state index is 0.0446. The van der Waals surface area contributed by atoms with Gasteiger partial charge in [-0.25, -0.2) is 12.8 Å². The maximum Gasteiger partial charge on any atom is 0.264 e. The van der Waals surface area contributed by atoms with E-state index in [9.17, 15) is 12.8 Å². The number of sulfonamides is 1. The molecule has 0 spiro atoms. The summed E-state index contributed by atoms with van der Waals surface area (Å²) in [5.74, 6) is -0.583. The molecular formula is C14H15FN2O2S. The highest BCUT2D eigenvalue weighted by atomic mass is 32.2. The van der Waals surface area contributed by atoms with Crippen molar-refractivity contribution in [1.82, 2.24) is 0 Å². The average Bonchev–Trinajstić information content (AvgIpc) is 2.41. The van der Waals surface area contributed by atoms with Crippen LogP contribution >= 0.6 is 0 Å². The zero-order valence-corrected chi connectivity index (χ0v) is 12.0. The summed E-state index contributed by atoms with van der Waals surface area (Å²) in [7, 11) is -2.38. The van der Waals surface area contributed by atoms with E-state index in [1.165, 1.54) is 19.2 Å². The Kier molecular flexibility index (Phi) is 3.67. The molecule has 6 heteroatoms. The molecule has 4 nitrogen and oxygen atoms in total. The summed E-state index contributed by atoms with van der Waals surface area (Å²) in [6, 6.07) is 10.1. The summed E-state index contributed by atoms with van der Waals surface area (Å²) in [5, 5.41) is 0. The number of aryl methyl sites for hydroxylation is 1. The van der Waals surface area contributed by atoms with Gasteiger partial charge in [-0.05, 0) is 48.9 Å². The normalized spacial score (nSPS) is 11.3. The van der Waals surface area contributed by atoms with E-state index < -0.39 is 15.8 Å². The fourth-order valence-electron chi connectivity index (χ4n) is 1.82. The Bertz CT molecular complexity index is 727. The van der Waals surface area contributed by atoms with E-state index >= 15 is 0 Å². The first-order valence-corrected chi connectivity index (χ1v) is 7.37. The van der Waals surface area contributed by atoms with E-state index in [-0.39, 0.29) is 4.90 Å². The van der Waals surface area contributed by atoms with Crippen LogP contribution in [0.4, 0.5) is 15.8 Å². The van der Waals surface area contributed by atoms with Crippen LogP contribution in [0.25, 0.3) is 0 Å². The number of halogens is 1. The van der Waals surface area contributed by atoms with Crippen LogP contribution < -0.4 is 10.0 Å². The van der Waals surface area contributed by atoms with Crippen molar-refractivity contribution >= 4 is 21.4 Å². The molecule has 2 N–H and O–H groups in total. The van der Waals surface area contributed by atoms with Crippen molar-refractivity contribution in [1.29, 1.82) is 0 Å². The fraction of sp³-hybridized carbons (Fsp3) is 0.143. The minimum atomic E-state index is -3.81. The first-order chi connectivity index (χ1) is 9.32. The molecule has 0 radical (unpaired) electrons. The third-order valence-electron chi connectivity index (χ3n) is 3.05. The number of benzene rings is 2. The number of nitrogens with two attached hydrogens (primary N) is 1. The smallest absolute Gasteiger partial charge is 0.264 e. The van der Waals surface area contributed by atoms with Crippen LogP contribution in [0.3, 0.4) is 0 Å². The van der Waals surface area contributed by atoms with Crippen molar-refractivity contribution in [2.24, 2.45) is 0 Å². The number of hydrogen-bond acceptors (Lipinski definition) is 3. The van der Waals surface area contributed by atoms with E-state index in [0.717, 1.165) is 10.4 Å². The summed E-state index contributed by atoms with van der Waals surface area (Å²) in [6.45, 7) is 1.63. The Morgan fingerprint density at radius 3 is 2.30 bits per heavy atom. The average molecular weight is 294 g/mol. The summed E-state index contributed by atoms with van der Waals surface area (Å²) in [5.41, 5.74) is 7.07. The maximum atomic E-state index is 13.3. The summed E-state index contributed by atoms with van der Waals surface area (Å²) in [6.07, 6.45) is 0. The first-order valence-electron chi connectivity index (χ1n) is 5.93. The molecule has 0 saturated heterocycles. The van der Waals surface area contributed by atoms with Crippen LogP contribution in [0, 0.1) is 12.7 Å². The van der Waals surface area contributed by atoms with Crippen LogP contribution in [0.5, 0.6) is 0 Å². The Morgan fingerprint density at radius 1 is 1.10 bits per heavy atom. The summed E-state index contributed by atoms with van der Waals surface area (Å²) in [4.78, 5) is -0.0446. The standard InChI is InChI=1S/C14H15FN2O2S/c1-10-3-4-11(15)9-14(10)20(18,19)17(2)13-7-5-12(16)6-8-13/h3-9H,16H2,1-2H3. The molecule has 0 atom stereocenters. The lowest BCUT2D eigenvalue weighted by atomic mass is 10.2. The molecule has 0 aromatic heterocycles. The highest BCUT2D eigenvalue weighted by Gasteiger charge is 2.23. The van der Waals surface area contributed by atoms with Gasteiger partial charge < -0.3 is 5.73 Å². The molecule has 2 aromatic carbocycles. The van der Waals surface area contributed by atoms with Gasteiger partial charge in [0.15, 0.2) is 0 Å². The second-order valence-corrected chi connectivity index (χ2v) is 6.41. The van der Waals surface area contributed by atoms with Gasteiger partial charge in [-0.2, -0.15) is 0 Å². The SMILES string of the molecule is Cc1ccc(F)cc1S(=O)(=O)N(C)c1ccc(N)cc1. The Hall–Kier alpha value is -2.08. The molecule has 2 rings (SSSR count). The minimum Gasteiger partial charge on any atom is -0.399 e. The molecule has 0 unspecified atom stereocenters. The molecule has 0 amide bonds. The van der Waals surface area contributed by atoms with Crippen molar-refractivity contribution < 1.29 is 12.8 Å². The van der Waals surface area contributed by atoms with E-state index in [4.69, 9.17) is 5.73 Å². The number of hydrogen-bond donors (Lipinski definition) is 1. The van der Waals surface area contributed by atoms with Crippen molar-refractivity contribution in [3.05, 3.63) is 53.8 Å². The molecule has 0 fully saturated rings. The summed E-state index contributed by atoms with van der Waals surface area (Å²) >= 11 is 0. The second-order valence-electron chi connectivity index (χ2n) is 4.47. The van der Waals surface area contributed by atoms with Crippen LogP contribution in [0.15, 0.2) is 47.4 Å². The van der Waals surface area contributed by atoms with Crippen molar-refractivity contribution in [3.8, 4) is 0 Å². The maximum absolute atomic E-state index is 13.3. The van der Waals surface area contributed by atoms with Crippen LogP contribution in [-0.2, 0) is 10.0 Å². The van der Waals surface area contributed by atoms with Gasteiger partial charge in [0.1, 0.15) is 5.82 Å². The third-order valence-corrected chi connectivity index (χ3v) is 4.97. The van der Waals surface area contributed by atoms with Crippen LogP contribution in [0.2, 0.25) is 0 Å². The lowest BCUT2D eigenvalue weighted by Crippen LogP contribution is -2.27. The van der Waals surface area contributed by atoms with Gasteiger partial charge in [-0.3, -0.25) is 4.31 Å². The van der Waals surface area contributed by atoms with E-state index in [1.807, 2.05) is 0 Å². The molecule has 0 bridgehead atoms. The molecule has 2 aromatic rings. The van der Waals surface area contributed by atoms with E-state index in [2.05, 4.69) is 0 Å². The van der Waals surface area contributed by atoms with Gasteiger partial charge in [0.25, 0.3) is 10.0 Å². The Morgan fingerprint density at radius 2 is 1.70 bits per heavy atom. The van der Waals surface area contributed by atoms with Gasteiger partial charge in [0, 0.05) is 12.7 Å². The lowest BCUT2D eigenvalue weighted by Gasteiger charge is -2.20. The number of nitrogen functional groups attached to an aromatic ring is 1. The Labute approximate surface area is 117 Å². The van der Waals surface area contributed by atoms with Crippen molar-refractivity contribution in [2.75, 3.05) is 17.1 Å². The van der Waals surface area contributed by atoms with Gasteiger partial charge in [0.05, 0.1) is 10.6 Å². The zero-order valence-electron chi connectivity index (χ0n) is 11.2. The second kappa shape index (κ2) is 5.13. The topological polar surface area (TPSA) is 63.4 Å². The van der Waals surface area contributed by atoms with Crippen LogP contribution in [0.1, 0.15) is 5.56 Å². The van der Waals surface area contributed by atoms with Crippen molar-refractivity contribution in [2.45, 2.75) is 11.8 Å². The van der Waals surface area contributed by atoms with Gasteiger partial charge in [0.2, 0.25) is 0 Å².